The van der Waals surface area contributed by atoms with E-state index in [1.165, 1.54) is 11.6 Å². The fraction of sp³-hybridized carbons (Fsp3) is 0.217. The number of phenols is 1. The molecular weight excluding hydrogens is 338 g/mol. The number of aromatic nitrogens is 1. The maximum Gasteiger partial charge on any atom is 0.339 e. The molecular formula is C23H23NO3. The third-order valence-corrected chi connectivity index (χ3v) is 4.59. The number of pyridine rings is 1. The van der Waals surface area contributed by atoms with Crippen LogP contribution in [0.15, 0.2) is 54.9 Å². The lowest BCUT2D eigenvalue weighted by Gasteiger charge is -2.21. The Morgan fingerprint density at radius 2 is 1.70 bits per heavy atom. The van der Waals surface area contributed by atoms with Crippen LogP contribution in [0.3, 0.4) is 0 Å². The van der Waals surface area contributed by atoms with E-state index >= 15 is 0 Å². The van der Waals surface area contributed by atoms with Gasteiger partial charge in [-0.1, -0.05) is 50.6 Å². The molecule has 0 aliphatic heterocycles. The summed E-state index contributed by atoms with van der Waals surface area (Å²) in [6.45, 7) is 8.46. The monoisotopic (exact) mass is 361 g/mol. The standard InChI is InChI=1S/C23H23NO3/c1-14-8-16(10-18(9-14)23(2,3)4)17-11-19(15-6-5-7-24-13-15)21(25)20(12-17)22(26)27/h5-13,25H,1-4H3,(H,26,27). The summed E-state index contributed by atoms with van der Waals surface area (Å²) in [5, 5.41) is 20.1. The lowest BCUT2D eigenvalue weighted by Crippen LogP contribution is -2.11. The average Bonchev–Trinajstić information content (AvgIpc) is 2.61. The zero-order valence-electron chi connectivity index (χ0n) is 15.9. The van der Waals surface area contributed by atoms with Gasteiger partial charge in [0.15, 0.2) is 0 Å². The van der Waals surface area contributed by atoms with Crippen molar-refractivity contribution in [3.63, 3.8) is 0 Å². The van der Waals surface area contributed by atoms with Crippen LogP contribution in [-0.2, 0) is 5.41 Å². The van der Waals surface area contributed by atoms with Crippen LogP contribution < -0.4 is 0 Å². The summed E-state index contributed by atoms with van der Waals surface area (Å²) < 4.78 is 0. The van der Waals surface area contributed by atoms with Gasteiger partial charge in [-0.2, -0.15) is 0 Å². The largest absolute Gasteiger partial charge is 0.506 e. The number of carboxylic acid groups (broad SMARTS) is 1. The first-order chi connectivity index (χ1) is 12.7. The van der Waals surface area contributed by atoms with Crippen molar-refractivity contribution < 1.29 is 15.0 Å². The molecule has 0 aliphatic carbocycles. The van der Waals surface area contributed by atoms with Crippen molar-refractivity contribution in [1.82, 2.24) is 4.98 Å². The molecule has 4 nitrogen and oxygen atoms in total. The van der Waals surface area contributed by atoms with Crippen LogP contribution in [-0.4, -0.2) is 21.2 Å². The summed E-state index contributed by atoms with van der Waals surface area (Å²) in [7, 11) is 0. The SMILES string of the molecule is Cc1cc(-c2cc(C(=O)O)c(O)c(-c3cccnc3)c2)cc(C(C)(C)C)c1. The summed E-state index contributed by atoms with van der Waals surface area (Å²) in [5.74, 6) is -1.41. The van der Waals surface area contributed by atoms with E-state index in [2.05, 4.69) is 37.9 Å². The molecule has 0 saturated heterocycles. The fourth-order valence-corrected chi connectivity index (χ4v) is 3.09. The maximum absolute atomic E-state index is 11.7. The van der Waals surface area contributed by atoms with Crippen molar-refractivity contribution in [2.24, 2.45) is 0 Å². The predicted molar refractivity (Wildman–Crippen MR) is 107 cm³/mol. The second-order valence-corrected chi connectivity index (χ2v) is 7.80. The van der Waals surface area contributed by atoms with Gasteiger partial charge in [-0.3, -0.25) is 4.98 Å². The number of hydrogen-bond acceptors (Lipinski definition) is 3. The minimum absolute atomic E-state index is 0.0283. The van der Waals surface area contributed by atoms with E-state index < -0.39 is 5.97 Å². The van der Waals surface area contributed by atoms with E-state index in [0.29, 0.717) is 11.1 Å². The van der Waals surface area contributed by atoms with Crippen LogP contribution in [0, 0.1) is 6.92 Å². The van der Waals surface area contributed by atoms with E-state index in [1.807, 2.05) is 19.1 Å². The first kappa shape index (κ1) is 18.6. The van der Waals surface area contributed by atoms with E-state index in [0.717, 1.165) is 16.7 Å². The molecule has 0 aliphatic rings. The molecule has 2 aromatic carbocycles. The molecule has 138 valence electrons. The highest BCUT2D eigenvalue weighted by Crippen LogP contribution is 2.38. The molecule has 0 radical (unpaired) electrons. The summed E-state index contributed by atoms with van der Waals surface area (Å²) in [5.41, 5.74) is 4.92. The minimum Gasteiger partial charge on any atom is -0.506 e. The molecule has 0 amide bonds. The van der Waals surface area contributed by atoms with Crippen molar-refractivity contribution in [3.8, 4) is 28.0 Å². The zero-order chi connectivity index (χ0) is 19.8. The molecule has 0 unspecified atom stereocenters. The van der Waals surface area contributed by atoms with Gasteiger partial charge in [0, 0.05) is 23.5 Å². The highest BCUT2D eigenvalue weighted by atomic mass is 16.4. The Morgan fingerprint density at radius 3 is 2.30 bits per heavy atom. The van der Waals surface area contributed by atoms with Crippen LogP contribution in [0.5, 0.6) is 5.75 Å². The summed E-state index contributed by atoms with van der Waals surface area (Å²) in [4.78, 5) is 15.8. The van der Waals surface area contributed by atoms with Crippen molar-refractivity contribution >= 4 is 5.97 Å². The third-order valence-electron chi connectivity index (χ3n) is 4.59. The van der Waals surface area contributed by atoms with Crippen LogP contribution >= 0.6 is 0 Å². The molecule has 2 N–H and O–H groups in total. The number of benzene rings is 2. The number of aromatic carboxylic acids is 1. The third kappa shape index (κ3) is 3.85. The zero-order valence-corrected chi connectivity index (χ0v) is 15.9. The maximum atomic E-state index is 11.7. The van der Waals surface area contributed by atoms with Crippen molar-refractivity contribution in [1.29, 1.82) is 0 Å². The molecule has 0 saturated carbocycles. The Labute approximate surface area is 159 Å². The highest BCUT2D eigenvalue weighted by molar-refractivity contribution is 5.96. The van der Waals surface area contributed by atoms with E-state index in [-0.39, 0.29) is 16.7 Å². The fourth-order valence-electron chi connectivity index (χ4n) is 3.09. The molecule has 4 heteroatoms. The number of rotatable bonds is 3. The molecule has 1 heterocycles. The smallest absolute Gasteiger partial charge is 0.339 e. The van der Waals surface area contributed by atoms with Crippen molar-refractivity contribution in [2.75, 3.05) is 0 Å². The number of aryl methyl sites for hydroxylation is 1. The second kappa shape index (κ2) is 6.88. The number of aromatic hydroxyl groups is 1. The normalized spacial score (nSPS) is 11.4. The molecule has 0 bridgehead atoms. The first-order valence-corrected chi connectivity index (χ1v) is 8.80. The molecule has 0 spiro atoms. The van der Waals surface area contributed by atoms with Gasteiger partial charge in [-0.15, -0.1) is 0 Å². The summed E-state index contributed by atoms with van der Waals surface area (Å²) >= 11 is 0. The van der Waals surface area contributed by atoms with Gasteiger partial charge in [-0.05, 0) is 47.2 Å². The van der Waals surface area contributed by atoms with Crippen LogP contribution in [0.25, 0.3) is 22.3 Å². The molecule has 0 atom stereocenters. The van der Waals surface area contributed by atoms with Crippen molar-refractivity contribution in [3.05, 3.63) is 71.5 Å². The predicted octanol–water partition coefficient (Wildman–Crippen LogP) is 5.43. The average molecular weight is 361 g/mol. The van der Waals surface area contributed by atoms with Gasteiger partial charge >= 0.3 is 5.97 Å². The van der Waals surface area contributed by atoms with Crippen molar-refractivity contribution in [2.45, 2.75) is 33.1 Å². The van der Waals surface area contributed by atoms with Crippen LogP contribution in [0.2, 0.25) is 0 Å². The Hall–Kier alpha value is -3.14. The van der Waals surface area contributed by atoms with Gasteiger partial charge in [0.2, 0.25) is 0 Å². The van der Waals surface area contributed by atoms with Gasteiger partial charge in [0.1, 0.15) is 11.3 Å². The number of carboxylic acids is 1. The molecule has 27 heavy (non-hydrogen) atoms. The highest BCUT2D eigenvalue weighted by Gasteiger charge is 2.19. The minimum atomic E-state index is -1.16. The van der Waals surface area contributed by atoms with Crippen LogP contribution in [0.1, 0.15) is 42.3 Å². The summed E-state index contributed by atoms with van der Waals surface area (Å²) in [6.07, 6.45) is 3.25. The van der Waals surface area contributed by atoms with Gasteiger partial charge in [-0.25, -0.2) is 4.79 Å². The summed E-state index contributed by atoms with van der Waals surface area (Å²) in [6, 6.07) is 13.2. The second-order valence-electron chi connectivity index (χ2n) is 7.80. The first-order valence-electron chi connectivity index (χ1n) is 8.80. The Kier molecular flexibility index (Phi) is 4.75. The molecule has 1 aromatic heterocycles. The molecule has 3 aromatic rings. The van der Waals surface area contributed by atoms with E-state index in [4.69, 9.17) is 0 Å². The van der Waals surface area contributed by atoms with Gasteiger partial charge in [0.25, 0.3) is 0 Å². The molecule has 3 rings (SSSR count). The lowest BCUT2D eigenvalue weighted by molar-refractivity contribution is 0.0694. The van der Waals surface area contributed by atoms with Gasteiger partial charge in [0.05, 0.1) is 0 Å². The Balaban J connectivity index is 2.27. The Bertz CT molecular complexity index is 1000. The van der Waals surface area contributed by atoms with Gasteiger partial charge < -0.3 is 10.2 Å². The number of hydrogen-bond donors (Lipinski definition) is 2. The topological polar surface area (TPSA) is 70.4 Å². The number of carbonyl (C=O) groups is 1. The Morgan fingerprint density at radius 1 is 1.00 bits per heavy atom. The number of nitrogens with zero attached hydrogens (tertiary/aromatic N) is 1. The lowest BCUT2D eigenvalue weighted by atomic mass is 9.84. The van der Waals surface area contributed by atoms with E-state index in [1.54, 1.807) is 24.5 Å². The van der Waals surface area contributed by atoms with E-state index in [9.17, 15) is 15.0 Å². The van der Waals surface area contributed by atoms with Crippen LogP contribution in [0.4, 0.5) is 0 Å². The quantitative estimate of drug-likeness (QED) is 0.653. The molecule has 0 fully saturated rings.